The van der Waals surface area contributed by atoms with Gasteiger partial charge in [0, 0.05) is 50.8 Å². The van der Waals surface area contributed by atoms with Gasteiger partial charge in [0.25, 0.3) is 0 Å². The highest BCUT2D eigenvalue weighted by atomic mass is 32.1. The summed E-state index contributed by atoms with van der Waals surface area (Å²) in [5, 5.41) is 7.84. The van der Waals surface area contributed by atoms with Crippen molar-refractivity contribution in [1.82, 2.24) is 20.5 Å². The second kappa shape index (κ2) is 12.3. The lowest BCUT2D eigenvalue weighted by molar-refractivity contribution is 0.163. The molecule has 0 spiro atoms. The molecule has 0 atom stereocenters. The number of ether oxygens (including phenoxy) is 1. The molecule has 0 bridgehead atoms. The Labute approximate surface area is 144 Å². The van der Waals surface area contributed by atoms with Crippen molar-refractivity contribution >= 4 is 17.3 Å². The van der Waals surface area contributed by atoms with Crippen molar-refractivity contribution in [1.29, 1.82) is 0 Å². The SMILES string of the molecule is CCNC(=NCCN(C)CCOC)NCCc1ncc(CC)s1. The number of nitrogens with zero attached hydrogens (tertiary/aromatic N) is 3. The Morgan fingerprint density at radius 3 is 2.83 bits per heavy atom. The van der Waals surface area contributed by atoms with E-state index in [1.165, 1.54) is 9.88 Å². The number of likely N-dealkylation sites (N-methyl/N-ethyl adjacent to an activating group) is 1. The molecule has 0 fully saturated rings. The normalized spacial score (nSPS) is 12.0. The van der Waals surface area contributed by atoms with Crippen LogP contribution in [-0.2, 0) is 17.6 Å². The number of rotatable bonds is 11. The molecule has 0 radical (unpaired) electrons. The van der Waals surface area contributed by atoms with E-state index in [-0.39, 0.29) is 0 Å². The Morgan fingerprint density at radius 1 is 1.35 bits per heavy atom. The maximum Gasteiger partial charge on any atom is 0.191 e. The zero-order valence-electron chi connectivity index (χ0n) is 14.9. The van der Waals surface area contributed by atoms with E-state index in [2.05, 4.69) is 46.4 Å². The topological polar surface area (TPSA) is 61.8 Å². The highest BCUT2D eigenvalue weighted by molar-refractivity contribution is 7.11. The largest absolute Gasteiger partial charge is 0.383 e. The molecule has 1 rings (SSSR count). The van der Waals surface area contributed by atoms with Crippen LogP contribution in [0.5, 0.6) is 0 Å². The highest BCUT2D eigenvalue weighted by Gasteiger charge is 2.02. The van der Waals surface area contributed by atoms with Crippen molar-refractivity contribution in [3.05, 3.63) is 16.1 Å². The van der Waals surface area contributed by atoms with E-state index in [0.717, 1.165) is 58.1 Å². The molecule has 2 N–H and O–H groups in total. The highest BCUT2D eigenvalue weighted by Crippen LogP contribution is 2.13. The van der Waals surface area contributed by atoms with Gasteiger partial charge in [0.05, 0.1) is 18.2 Å². The molecule has 0 aromatic carbocycles. The van der Waals surface area contributed by atoms with Crippen molar-refractivity contribution in [2.45, 2.75) is 26.7 Å². The summed E-state index contributed by atoms with van der Waals surface area (Å²) in [6.45, 7) is 9.33. The molecule has 23 heavy (non-hydrogen) atoms. The first-order valence-electron chi connectivity index (χ1n) is 8.32. The average Bonchev–Trinajstić information content (AvgIpc) is 3.01. The Morgan fingerprint density at radius 2 is 2.17 bits per heavy atom. The first-order chi connectivity index (χ1) is 11.2. The molecule has 132 valence electrons. The molecular formula is C16H31N5OS. The molecule has 1 heterocycles. The van der Waals surface area contributed by atoms with E-state index in [1.54, 1.807) is 18.4 Å². The van der Waals surface area contributed by atoms with Crippen molar-refractivity contribution in [3.63, 3.8) is 0 Å². The first-order valence-corrected chi connectivity index (χ1v) is 9.14. The minimum absolute atomic E-state index is 0.756. The summed E-state index contributed by atoms with van der Waals surface area (Å²) in [6.07, 6.45) is 3.98. The van der Waals surface area contributed by atoms with E-state index < -0.39 is 0 Å². The lowest BCUT2D eigenvalue weighted by Crippen LogP contribution is -2.39. The molecule has 0 aliphatic carbocycles. The molecule has 0 aliphatic heterocycles. The Balaban J connectivity index is 2.31. The number of aromatic nitrogens is 1. The molecule has 7 heteroatoms. The first kappa shape index (κ1) is 19.9. The number of methoxy groups -OCH3 is 1. The fourth-order valence-corrected chi connectivity index (χ4v) is 2.81. The maximum atomic E-state index is 5.08. The van der Waals surface area contributed by atoms with Gasteiger partial charge in [0.2, 0.25) is 0 Å². The summed E-state index contributed by atoms with van der Waals surface area (Å²) in [7, 11) is 3.81. The van der Waals surface area contributed by atoms with Crippen LogP contribution in [0.1, 0.15) is 23.7 Å². The van der Waals surface area contributed by atoms with Crippen LogP contribution in [-0.4, -0.2) is 69.3 Å². The van der Waals surface area contributed by atoms with E-state index in [4.69, 9.17) is 4.74 Å². The molecule has 0 saturated heterocycles. The number of hydrogen-bond donors (Lipinski definition) is 2. The van der Waals surface area contributed by atoms with Gasteiger partial charge in [-0.2, -0.15) is 0 Å². The number of aliphatic imine (C=N–C) groups is 1. The van der Waals surface area contributed by atoms with Crippen molar-refractivity contribution < 1.29 is 4.74 Å². The smallest absolute Gasteiger partial charge is 0.191 e. The van der Waals surface area contributed by atoms with Gasteiger partial charge in [-0.3, -0.25) is 4.99 Å². The zero-order valence-corrected chi connectivity index (χ0v) is 15.7. The van der Waals surface area contributed by atoms with Gasteiger partial charge < -0.3 is 20.3 Å². The van der Waals surface area contributed by atoms with Gasteiger partial charge >= 0.3 is 0 Å². The third-order valence-electron chi connectivity index (χ3n) is 3.35. The van der Waals surface area contributed by atoms with Gasteiger partial charge in [0.15, 0.2) is 5.96 Å². The summed E-state index contributed by atoms with van der Waals surface area (Å²) in [4.78, 5) is 12.6. The van der Waals surface area contributed by atoms with Crippen LogP contribution >= 0.6 is 11.3 Å². The van der Waals surface area contributed by atoms with Crippen LogP contribution in [0.25, 0.3) is 0 Å². The van der Waals surface area contributed by atoms with Gasteiger partial charge in [0.1, 0.15) is 0 Å². The number of hydrogen-bond acceptors (Lipinski definition) is 5. The number of thiazole rings is 1. The molecule has 0 aliphatic rings. The fraction of sp³-hybridized carbons (Fsp3) is 0.750. The summed E-state index contributed by atoms with van der Waals surface area (Å²) < 4.78 is 5.08. The van der Waals surface area contributed by atoms with Crippen molar-refractivity contribution in [3.8, 4) is 0 Å². The molecule has 1 aromatic heterocycles. The lowest BCUT2D eigenvalue weighted by Gasteiger charge is -2.15. The molecule has 0 amide bonds. The Kier molecular flexibility index (Phi) is 10.6. The summed E-state index contributed by atoms with van der Waals surface area (Å²) >= 11 is 1.80. The predicted octanol–water partition coefficient (Wildman–Crippen LogP) is 1.38. The summed E-state index contributed by atoms with van der Waals surface area (Å²) in [5.41, 5.74) is 0. The van der Waals surface area contributed by atoms with E-state index in [1.807, 2.05) is 6.20 Å². The van der Waals surface area contributed by atoms with Crippen LogP contribution in [0.2, 0.25) is 0 Å². The van der Waals surface area contributed by atoms with Crippen LogP contribution in [0.4, 0.5) is 0 Å². The second-order valence-corrected chi connectivity index (χ2v) is 6.51. The third kappa shape index (κ3) is 8.88. The van der Waals surface area contributed by atoms with Gasteiger partial charge in [-0.1, -0.05) is 6.92 Å². The molecule has 0 saturated carbocycles. The van der Waals surface area contributed by atoms with Crippen LogP contribution in [0.15, 0.2) is 11.2 Å². The fourth-order valence-electron chi connectivity index (χ4n) is 1.95. The molecule has 1 aromatic rings. The number of nitrogens with one attached hydrogen (secondary N) is 2. The minimum atomic E-state index is 0.756. The summed E-state index contributed by atoms with van der Waals surface area (Å²) in [6, 6.07) is 0. The Bertz CT molecular complexity index is 449. The molecule has 6 nitrogen and oxygen atoms in total. The van der Waals surface area contributed by atoms with Gasteiger partial charge in [-0.15, -0.1) is 11.3 Å². The van der Waals surface area contributed by atoms with Gasteiger partial charge in [-0.25, -0.2) is 4.98 Å². The minimum Gasteiger partial charge on any atom is -0.383 e. The molecule has 0 unspecified atom stereocenters. The van der Waals surface area contributed by atoms with E-state index in [0.29, 0.717) is 0 Å². The number of guanidine groups is 1. The summed E-state index contributed by atoms with van der Waals surface area (Å²) in [5.74, 6) is 0.875. The monoisotopic (exact) mass is 341 g/mol. The zero-order chi connectivity index (χ0) is 16.9. The van der Waals surface area contributed by atoms with E-state index >= 15 is 0 Å². The lowest BCUT2D eigenvalue weighted by atomic mass is 10.4. The third-order valence-corrected chi connectivity index (χ3v) is 4.56. The second-order valence-electron chi connectivity index (χ2n) is 5.31. The molecular weight excluding hydrogens is 310 g/mol. The van der Waals surface area contributed by atoms with Crippen LogP contribution in [0.3, 0.4) is 0 Å². The van der Waals surface area contributed by atoms with Crippen LogP contribution < -0.4 is 10.6 Å². The Hall–Kier alpha value is -1.18. The average molecular weight is 342 g/mol. The quantitative estimate of drug-likeness (QED) is 0.470. The van der Waals surface area contributed by atoms with Crippen molar-refractivity contribution in [2.75, 3.05) is 53.5 Å². The predicted molar refractivity (Wildman–Crippen MR) is 98.6 cm³/mol. The van der Waals surface area contributed by atoms with Crippen LogP contribution in [0, 0.1) is 0 Å². The number of aryl methyl sites for hydroxylation is 1. The van der Waals surface area contributed by atoms with Gasteiger partial charge in [-0.05, 0) is 20.4 Å². The maximum absolute atomic E-state index is 5.08. The standard InChI is InChI=1S/C16H31N5OS/c1-5-14-13-20-15(23-14)7-8-18-16(17-6-2)19-9-10-21(3)11-12-22-4/h13H,5-12H2,1-4H3,(H2,17,18,19). The van der Waals surface area contributed by atoms with E-state index in [9.17, 15) is 0 Å². The van der Waals surface area contributed by atoms with Crippen molar-refractivity contribution in [2.24, 2.45) is 4.99 Å².